The molecule has 2 amide bonds. The molecule has 1 saturated heterocycles. The van der Waals surface area contributed by atoms with Crippen LogP contribution in [0.15, 0.2) is 70.5 Å². The van der Waals surface area contributed by atoms with E-state index in [0.717, 1.165) is 46.2 Å². The fraction of sp³-hybridized carbons (Fsp3) is 0.326. The minimum atomic E-state index is -0.815. The largest absolute Gasteiger partial charge is 0.496 e. The molecule has 1 aliphatic carbocycles. The fourth-order valence-electron chi connectivity index (χ4n) is 8.59. The van der Waals surface area contributed by atoms with Crippen molar-refractivity contribution in [2.75, 3.05) is 20.8 Å². The van der Waals surface area contributed by atoms with Crippen LogP contribution in [0.4, 0.5) is 4.39 Å². The summed E-state index contributed by atoms with van der Waals surface area (Å²) < 4.78 is 32.7. The summed E-state index contributed by atoms with van der Waals surface area (Å²) in [6.45, 7) is 1.47. The highest BCUT2D eigenvalue weighted by atomic mass is 19.1. The van der Waals surface area contributed by atoms with E-state index in [1.807, 2.05) is 36.5 Å². The molecule has 0 radical (unpaired) electrons. The first-order chi connectivity index (χ1) is 27.0. The Balaban J connectivity index is 1.03. The molecule has 0 bridgehead atoms. The molecule has 2 aliphatic heterocycles. The maximum Gasteiger partial charge on any atom is 0.329 e. The number of carbonyl (C=O) groups is 2. The molecule has 5 heterocycles. The third-order valence-corrected chi connectivity index (χ3v) is 11.7. The molecule has 6 aromatic rings. The Morgan fingerprint density at radius 1 is 0.893 bits per heavy atom. The van der Waals surface area contributed by atoms with Crippen LogP contribution in [0.2, 0.25) is 0 Å². The molecule has 1 unspecified atom stereocenters. The topological polar surface area (TPSA) is 130 Å². The van der Waals surface area contributed by atoms with Crippen molar-refractivity contribution in [1.29, 1.82) is 0 Å². The van der Waals surface area contributed by atoms with E-state index in [9.17, 15) is 19.2 Å². The number of nitrogens with zero attached hydrogens (tertiary/aromatic N) is 5. The van der Waals surface area contributed by atoms with Gasteiger partial charge in [-0.1, -0.05) is 18.2 Å². The average Bonchev–Trinajstić information content (AvgIpc) is 4.02. The second-order valence-electron chi connectivity index (χ2n) is 15.2. The zero-order valence-corrected chi connectivity index (χ0v) is 31.6. The monoisotopic (exact) mass is 756 g/mol. The van der Waals surface area contributed by atoms with Gasteiger partial charge in [0.1, 0.15) is 23.4 Å². The number of imide groups is 1. The normalized spacial score (nSPS) is 17.3. The SMILES string of the molecule is COc1cc(-c2cn(C)c(=O)c3cnc(C4CC4)cc23)cc(OC)c1CN1CCc2cc(-c3cccc4c3n(C)c(=O)n4C3CCC(=O)NC3=O)cc(F)c2C1. The summed E-state index contributed by atoms with van der Waals surface area (Å²) in [5.74, 6) is 0.480. The maximum absolute atomic E-state index is 16.2. The number of halogens is 1. The van der Waals surface area contributed by atoms with Crippen molar-refractivity contribution < 1.29 is 23.5 Å². The Morgan fingerprint density at radius 2 is 1.64 bits per heavy atom. The van der Waals surface area contributed by atoms with E-state index in [0.29, 0.717) is 76.6 Å². The zero-order valence-electron chi connectivity index (χ0n) is 31.6. The van der Waals surface area contributed by atoms with Gasteiger partial charge in [-0.2, -0.15) is 0 Å². The molecular weight excluding hydrogens is 716 g/mol. The third-order valence-electron chi connectivity index (χ3n) is 11.7. The number of amides is 2. The quantitative estimate of drug-likeness (QED) is 0.202. The average molecular weight is 757 g/mol. The summed E-state index contributed by atoms with van der Waals surface area (Å²) in [6.07, 6.45) is 6.70. The number of methoxy groups -OCH3 is 2. The predicted molar refractivity (Wildman–Crippen MR) is 209 cm³/mol. The maximum atomic E-state index is 16.2. The molecule has 3 aromatic heterocycles. The van der Waals surface area contributed by atoms with Crippen LogP contribution in [-0.4, -0.2) is 56.2 Å². The number of ether oxygens (including phenoxy) is 2. The number of para-hydroxylation sites is 1. The Hall–Kier alpha value is -6.08. The van der Waals surface area contributed by atoms with Crippen molar-refractivity contribution in [3.05, 3.63) is 110 Å². The first-order valence-corrected chi connectivity index (χ1v) is 18.9. The van der Waals surface area contributed by atoms with Crippen LogP contribution in [0.5, 0.6) is 11.5 Å². The number of rotatable bonds is 8. The van der Waals surface area contributed by atoms with Gasteiger partial charge < -0.3 is 14.0 Å². The minimum Gasteiger partial charge on any atom is -0.496 e. The molecule has 56 heavy (non-hydrogen) atoms. The number of piperidine rings is 1. The molecule has 3 aliphatic rings. The van der Waals surface area contributed by atoms with Gasteiger partial charge in [0.2, 0.25) is 11.8 Å². The zero-order chi connectivity index (χ0) is 39.0. The van der Waals surface area contributed by atoms with Gasteiger partial charge in [-0.3, -0.25) is 38.7 Å². The molecular formula is C43H41FN6O6. The van der Waals surface area contributed by atoms with Gasteiger partial charge in [-0.25, -0.2) is 9.18 Å². The van der Waals surface area contributed by atoms with Crippen LogP contribution < -0.4 is 26.0 Å². The summed E-state index contributed by atoms with van der Waals surface area (Å²) in [6, 6.07) is 14.1. The lowest BCUT2D eigenvalue weighted by molar-refractivity contribution is -0.135. The van der Waals surface area contributed by atoms with E-state index >= 15 is 4.39 Å². The fourth-order valence-corrected chi connectivity index (χ4v) is 8.59. The molecule has 1 atom stereocenters. The highest BCUT2D eigenvalue weighted by molar-refractivity contribution is 6.01. The number of hydrogen-bond acceptors (Lipinski definition) is 8. The van der Waals surface area contributed by atoms with Crippen LogP contribution in [0.25, 0.3) is 44.1 Å². The van der Waals surface area contributed by atoms with Crippen LogP contribution in [-0.2, 0) is 43.2 Å². The van der Waals surface area contributed by atoms with E-state index in [1.165, 1.54) is 15.2 Å². The number of benzene rings is 3. The Labute approximate surface area is 321 Å². The Kier molecular flexibility index (Phi) is 8.64. The number of nitrogens with one attached hydrogen (secondary N) is 1. The molecule has 1 saturated carbocycles. The van der Waals surface area contributed by atoms with Crippen molar-refractivity contribution in [2.45, 2.75) is 57.2 Å². The van der Waals surface area contributed by atoms with Crippen LogP contribution >= 0.6 is 0 Å². The number of carbonyl (C=O) groups excluding carboxylic acids is 2. The van der Waals surface area contributed by atoms with Crippen molar-refractivity contribution in [3.63, 3.8) is 0 Å². The first kappa shape index (κ1) is 35.6. The molecule has 3 aromatic carbocycles. The van der Waals surface area contributed by atoms with E-state index < -0.39 is 11.9 Å². The first-order valence-electron chi connectivity index (χ1n) is 18.9. The molecule has 286 valence electrons. The van der Waals surface area contributed by atoms with Gasteiger partial charge >= 0.3 is 5.69 Å². The number of imidazole rings is 1. The van der Waals surface area contributed by atoms with Crippen molar-refractivity contribution in [3.8, 4) is 33.8 Å². The van der Waals surface area contributed by atoms with E-state index in [2.05, 4.69) is 15.2 Å². The number of fused-ring (bicyclic) bond motifs is 3. The van der Waals surface area contributed by atoms with Crippen molar-refractivity contribution in [1.82, 2.24) is 28.9 Å². The molecule has 0 spiro atoms. The highest BCUT2D eigenvalue weighted by Crippen LogP contribution is 2.42. The van der Waals surface area contributed by atoms with Gasteiger partial charge in [0.15, 0.2) is 0 Å². The second kappa shape index (κ2) is 13.6. The van der Waals surface area contributed by atoms with E-state index in [-0.39, 0.29) is 35.8 Å². The summed E-state index contributed by atoms with van der Waals surface area (Å²) in [5, 5.41) is 3.74. The highest BCUT2D eigenvalue weighted by Gasteiger charge is 2.32. The molecule has 13 heteroatoms. The predicted octanol–water partition coefficient (Wildman–Crippen LogP) is 5.49. The van der Waals surface area contributed by atoms with Crippen LogP contribution in [0.3, 0.4) is 0 Å². The summed E-state index contributed by atoms with van der Waals surface area (Å²) in [7, 11) is 6.63. The molecule has 2 fully saturated rings. The molecule has 1 N–H and O–H groups in total. The Morgan fingerprint density at radius 3 is 2.36 bits per heavy atom. The van der Waals surface area contributed by atoms with Gasteiger partial charge in [0.05, 0.1) is 36.2 Å². The van der Waals surface area contributed by atoms with E-state index in [1.54, 1.807) is 51.2 Å². The Bertz CT molecular complexity index is 2740. The van der Waals surface area contributed by atoms with E-state index in [4.69, 9.17) is 9.47 Å². The lowest BCUT2D eigenvalue weighted by Crippen LogP contribution is -2.44. The van der Waals surface area contributed by atoms with Crippen LogP contribution in [0.1, 0.15) is 60.0 Å². The number of aryl methyl sites for hydroxylation is 2. The van der Waals surface area contributed by atoms with Gasteiger partial charge in [-0.05, 0) is 78.1 Å². The molecule has 12 nitrogen and oxygen atoms in total. The van der Waals surface area contributed by atoms with Crippen molar-refractivity contribution in [2.24, 2.45) is 14.1 Å². The number of aromatic nitrogens is 4. The smallest absolute Gasteiger partial charge is 0.329 e. The lowest BCUT2D eigenvalue weighted by Gasteiger charge is -2.30. The van der Waals surface area contributed by atoms with Gasteiger partial charge in [0, 0.05) is 80.8 Å². The minimum absolute atomic E-state index is 0.106. The van der Waals surface area contributed by atoms with Gasteiger partial charge in [-0.15, -0.1) is 0 Å². The van der Waals surface area contributed by atoms with Gasteiger partial charge in [0.25, 0.3) is 5.56 Å². The summed E-state index contributed by atoms with van der Waals surface area (Å²) in [4.78, 5) is 58.0. The second-order valence-corrected chi connectivity index (χ2v) is 15.2. The van der Waals surface area contributed by atoms with Crippen LogP contribution in [0, 0.1) is 5.82 Å². The third kappa shape index (κ3) is 5.88. The summed E-state index contributed by atoms with van der Waals surface area (Å²) >= 11 is 0. The standard InChI is InChI=1S/C43H41FN6O6/c1-47-20-30(28-18-34(23-8-9-23)45-19-29(28)42(47)53)26-16-37(55-3)32(38(17-26)56-4)22-49-13-12-24-14-25(15-33(44)31(24)21-49)27-6-5-7-35-40(27)48(2)43(54)50(35)36-10-11-39(51)46-41(36)52/h5-7,14-20,23,36H,8-13,21-22H2,1-4H3,(H,46,51,52). The number of hydrogen-bond donors (Lipinski definition) is 1. The molecule has 9 rings (SSSR count). The summed E-state index contributed by atoms with van der Waals surface area (Å²) in [5.41, 5.74) is 7.02. The number of pyridine rings is 2. The lowest BCUT2D eigenvalue weighted by atomic mass is 9.93. The van der Waals surface area contributed by atoms with Crippen molar-refractivity contribution >= 4 is 33.6 Å².